The van der Waals surface area contributed by atoms with Gasteiger partial charge in [-0.3, -0.25) is 4.79 Å². The van der Waals surface area contributed by atoms with E-state index in [-0.39, 0.29) is 6.42 Å². The highest BCUT2D eigenvalue weighted by atomic mass is 127. The maximum Gasteiger partial charge on any atom is 0.320 e. The molecule has 0 aliphatic carbocycles. The molecule has 0 aliphatic heterocycles. The molecule has 0 fully saturated rings. The van der Waals surface area contributed by atoms with Crippen LogP contribution in [0.3, 0.4) is 0 Å². The van der Waals surface area contributed by atoms with Gasteiger partial charge in [0.2, 0.25) is 0 Å². The normalized spacial score (nSPS) is 13.5. The van der Waals surface area contributed by atoms with Crippen LogP contribution < -0.4 is 10.5 Å². The first-order valence-corrected chi connectivity index (χ1v) is 10.2. The number of aliphatic carboxylic acids is 1. The second-order valence-corrected chi connectivity index (χ2v) is 7.49. The molecular formula is C15H23IN2O3S. The van der Waals surface area contributed by atoms with Crippen LogP contribution in [0.25, 0.3) is 0 Å². The first kappa shape index (κ1) is 19.4. The van der Waals surface area contributed by atoms with Gasteiger partial charge in [-0.05, 0) is 41.4 Å². The Hall–Kier alpha value is -0.670. The summed E-state index contributed by atoms with van der Waals surface area (Å²) in [6.07, 6.45) is 4.70. The molecule has 0 radical (unpaired) electrons. The van der Waals surface area contributed by atoms with Gasteiger partial charge in [0.15, 0.2) is 0 Å². The molecule has 7 heteroatoms. The zero-order chi connectivity index (χ0) is 16.4. The summed E-state index contributed by atoms with van der Waals surface area (Å²) in [5.74, 6) is -0.395. The molecule has 1 rings (SSSR count). The number of rotatable bonds is 11. The van der Waals surface area contributed by atoms with Crippen molar-refractivity contribution < 1.29 is 14.1 Å². The molecule has 1 unspecified atom stereocenters. The van der Waals surface area contributed by atoms with Gasteiger partial charge in [0.05, 0.1) is 0 Å². The Labute approximate surface area is 147 Å². The van der Waals surface area contributed by atoms with Gasteiger partial charge >= 0.3 is 5.97 Å². The van der Waals surface area contributed by atoms with E-state index in [1.807, 2.05) is 18.2 Å². The zero-order valence-electron chi connectivity index (χ0n) is 12.5. The third kappa shape index (κ3) is 8.09. The summed E-state index contributed by atoms with van der Waals surface area (Å²) in [5, 5.41) is 8.83. The van der Waals surface area contributed by atoms with Crippen LogP contribution in [0.5, 0.6) is 0 Å². The summed E-state index contributed by atoms with van der Waals surface area (Å²) < 4.78 is 16.1. The van der Waals surface area contributed by atoms with Gasteiger partial charge in [-0.25, -0.2) is 4.21 Å². The molecule has 22 heavy (non-hydrogen) atoms. The topological polar surface area (TPSA) is 92.4 Å². The average molecular weight is 438 g/mol. The van der Waals surface area contributed by atoms with E-state index < -0.39 is 23.0 Å². The first-order chi connectivity index (χ1) is 10.5. The van der Waals surface area contributed by atoms with Gasteiger partial charge in [0, 0.05) is 11.4 Å². The number of nitrogens with two attached hydrogens (primary N) is 1. The van der Waals surface area contributed by atoms with Crippen molar-refractivity contribution in [3.05, 3.63) is 29.8 Å². The van der Waals surface area contributed by atoms with Gasteiger partial charge < -0.3 is 15.6 Å². The highest BCUT2D eigenvalue weighted by molar-refractivity contribution is 14.1. The predicted octanol–water partition coefficient (Wildman–Crippen LogP) is 2.71. The van der Waals surface area contributed by atoms with Crippen LogP contribution in [0.15, 0.2) is 24.3 Å². The number of anilines is 1. The van der Waals surface area contributed by atoms with Crippen LogP contribution in [0.1, 0.15) is 31.2 Å². The van der Waals surface area contributed by atoms with E-state index in [0.29, 0.717) is 5.75 Å². The fourth-order valence-corrected chi connectivity index (χ4v) is 3.46. The molecule has 0 heterocycles. The smallest absolute Gasteiger partial charge is 0.320 e. The van der Waals surface area contributed by atoms with Crippen LogP contribution in [0, 0.1) is 0 Å². The molecule has 124 valence electrons. The molecule has 0 saturated carbocycles. The molecule has 5 nitrogen and oxygen atoms in total. The highest BCUT2D eigenvalue weighted by Crippen LogP contribution is 2.13. The average Bonchev–Trinajstić information content (AvgIpc) is 2.47. The molecule has 0 amide bonds. The van der Waals surface area contributed by atoms with Crippen LogP contribution in [-0.2, 0) is 22.2 Å². The standard InChI is InChI=1S/C15H23IN2O3S/c16-8-3-1-2-4-9-22(21)18-13-7-5-6-12(10-13)11-14(17)15(19)20/h5-7,10,14,18H,1-4,8-9,11,17H2,(H,19,20)/t14-,22?/m0/s1. The molecule has 1 aromatic rings. The monoisotopic (exact) mass is 438 g/mol. The summed E-state index contributed by atoms with van der Waals surface area (Å²) in [5.41, 5.74) is 7.08. The van der Waals surface area contributed by atoms with Crippen molar-refractivity contribution in [2.45, 2.75) is 38.1 Å². The van der Waals surface area contributed by atoms with Crippen LogP contribution in [0.4, 0.5) is 5.69 Å². The second kappa shape index (κ2) is 11.0. The van der Waals surface area contributed by atoms with Crippen molar-refractivity contribution >= 4 is 45.2 Å². The van der Waals surface area contributed by atoms with Crippen molar-refractivity contribution in [1.82, 2.24) is 0 Å². The van der Waals surface area contributed by atoms with Crippen molar-refractivity contribution in [2.75, 3.05) is 14.9 Å². The molecule has 0 aromatic heterocycles. The second-order valence-electron chi connectivity index (χ2n) is 5.10. The summed E-state index contributed by atoms with van der Waals surface area (Å²) in [6, 6.07) is 6.34. The zero-order valence-corrected chi connectivity index (χ0v) is 15.4. The third-order valence-electron chi connectivity index (χ3n) is 3.14. The van der Waals surface area contributed by atoms with Crippen LogP contribution in [-0.4, -0.2) is 31.5 Å². The van der Waals surface area contributed by atoms with Gasteiger partial charge in [-0.15, -0.1) is 0 Å². The fourth-order valence-electron chi connectivity index (χ4n) is 1.97. The number of nitrogens with one attached hydrogen (secondary N) is 1. The minimum Gasteiger partial charge on any atom is -0.480 e. The van der Waals surface area contributed by atoms with E-state index in [4.69, 9.17) is 10.8 Å². The minimum absolute atomic E-state index is 0.258. The van der Waals surface area contributed by atoms with E-state index in [1.165, 1.54) is 17.3 Å². The lowest BCUT2D eigenvalue weighted by Crippen LogP contribution is -2.32. The minimum atomic E-state index is -1.11. The van der Waals surface area contributed by atoms with Crippen molar-refractivity contribution in [2.24, 2.45) is 5.73 Å². The number of carbonyl (C=O) groups is 1. The molecule has 0 saturated heterocycles. The number of unbranched alkanes of at least 4 members (excludes halogenated alkanes) is 3. The van der Waals surface area contributed by atoms with Gasteiger partial charge in [-0.2, -0.15) is 0 Å². The maximum atomic E-state index is 12.0. The first-order valence-electron chi connectivity index (χ1n) is 7.31. The van der Waals surface area contributed by atoms with Crippen molar-refractivity contribution in [3.63, 3.8) is 0 Å². The molecule has 0 spiro atoms. The van der Waals surface area contributed by atoms with Crippen molar-refractivity contribution in [1.29, 1.82) is 0 Å². The molecule has 1 aromatic carbocycles. The Morgan fingerprint density at radius 2 is 2.05 bits per heavy atom. The SMILES string of the molecule is N[C@@H](Cc1cccc(NS(=O)CCCCCCI)c1)C(=O)O. The Bertz CT molecular complexity index is 499. The van der Waals surface area contributed by atoms with Gasteiger partial charge in [-0.1, -0.05) is 47.6 Å². The highest BCUT2D eigenvalue weighted by Gasteiger charge is 2.12. The van der Waals surface area contributed by atoms with Crippen LogP contribution >= 0.6 is 22.6 Å². The number of halogens is 1. The Morgan fingerprint density at radius 3 is 2.73 bits per heavy atom. The fraction of sp³-hybridized carbons (Fsp3) is 0.533. The van der Waals surface area contributed by atoms with Gasteiger partial charge in [0.1, 0.15) is 17.0 Å². The molecule has 2 atom stereocenters. The Kier molecular flexibility index (Phi) is 9.65. The summed E-state index contributed by atoms with van der Waals surface area (Å²) >= 11 is 2.36. The molecule has 0 bridgehead atoms. The number of alkyl halides is 1. The third-order valence-corrected chi connectivity index (χ3v) is 5.03. The summed E-state index contributed by atoms with van der Waals surface area (Å²) in [6.45, 7) is 0. The molecule has 0 aliphatic rings. The van der Waals surface area contributed by atoms with E-state index in [2.05, 4.69) is 27.3 Å². The number of carboxylic acid groups (broad SMARTS) is 1. The van der Waals surface area contributed by atoms with Gasteiger partial charge in [0.25, 0.3) is 0 Å². The maximum absolute atomic E-state index is 12.0. The van der Waals surface area contributed by atoms with E-state index in [9.17, 15) is 9.00 Å². The summed E-state index contributed by atoms with van der Waals surface area (Å²) in [7, 11) is -1.11. The quantitative estimate of drug-likeness (QED) is 0.282. The number of hydrogen-bond donors (Lipinski definition) is 3. The number of benzene rings is 1. The van der Waals surface area contributed by atoms with Crippen LogP contribution in [0.2, 0.25) is 0 Å². The predicted molar refractivity (Wildman–Crippen MR) is 99.7 cm³/mol. The van der Waals surface area contributed by atoms with E-state index >= 15 is 0 Å². The lowest BCUT2D eigenvalue weighted by molar-refractivity contribution is -0.138. The van der Waals surface area contributed by atoms with E-state index in [0.717, 1.165) is 24.1 Å². The Morgan fingerprint density at radius 1 is 1.32 bits per heavy atom. The molecular weight excluding hydrogens is 415 g/mol. The lowest BCUT2D eigenvalue weighted by atomic mass is 10.1. The van der Waals surface area contributed by atoms with Crippen molar-refractivity contribution in [3.8, 4) is 0 Å². The summed E-state index contributed by atoms with van der Waals surface area (Å²) in [4.78, 5) is 10.8. The largest absolute Gasteiger partial charge is 0.480 e. The Balaban J connectivity index is 2.42. The number of carboxylic acids is 1. The van der Waals surface area contributed by atoms with E-state index in [1.54, 1.807) is 6.07 Å². The lowest BCUT2D eigenvalue weighted by Gasteiger charge is -2.10. The number of hydrogen-bond acceptors (Lipinski definition) is 3. The molecule has 4 N–H and O–H groups in total.